The van der Waals surface area contributed by atoms with Gasteiger partial charge in [0.05, 0.1) is 25.5 Å². The number of anilines is 1. The molecule has 1 aromatic rings. The van der Waals surface area contributed by atoms with Crippen LogP contribution in [0.15, 0.2) is 12.3 Å². The number of aromatic nitrogens is 2. The number of carbonyl (C=O) groups is 1. The zero-order chi connectivity index (χ0) is 12.0. The highest BCUT2D eigenvalue weighted by atomic mass is 16.5. The summed E-state index contributed by atoms with van der Waals surface area (Å²) in [5, 5.41) is 27.9. The van der Waals surface area contributed by atoms with Gasteiger partial charge in [0.25, 0.3) is 0 Å². The number of carboxylic acids is 1. The van der Waals surface area contributed by atoms with E-state index in [4.69, 9.17) is 14.9 Å². The second-order valence-electron chi connectivity index (χ2n) is 3.08. The predicted octanol–water partition coefficient (Wildman–Crippen LogP) is -0.406. The molecule has 1 unspecified atom stereocenters. The number of methoxy groups -OCH3 is 1. The molecule has 88 valence electrons. The van der Waals surface area contributed by atoms with Gasteiger partial charge in [0, 0.05) is 7.11 Å². The first-order valence-corrected chi connectivity index (χ1v) is 4.60. The van der Waals surface area contributed by atoms with Crippen LogP contribution in [0.2, 0.25) is 0 Å². The lowest BCUT2D eigenvalue weighted by atomic mass is 10.2. The van der Waals surface area contributed by atoms with Gasteiger partial charge in [0.1, 0.15) is 5.56 Å². The van der Waals surface area contributed by atoms with Crippen molar-refractivity contribution >= 4 is 11.8 Å². The third-order valence-electron chi connectivity index (χ3n) is 1.88. The van der Waals surface area contributed by atoms with Gasteiger partial charge in [-0.15, -0.1) is 5.10 Å². The van der Waals surface area contributed by atoms with Crippen LogP contribution >= 0.6 is 0 Å². The summed E-state index contributed by atoms with van der Waals surface area (Å²) in [6, 6.07) is 0.915. The minimum absolute atomic E-state index is 0.00422. The average molecular weight is 227 g/mol. The largest absolute Gasteiger partial charge is 0.478 e. The molecule has 16 heavy (non-hydrogen) atoms. The molecule has 1 aromatic heterocycles. The Kier molecular flexibility index (Phi) is 4.62. The third-order valence-corrected chi connectivity index (χ3v) is 1.88. The third kappa shape index (κ3) is 3.14. The van der Waals surface area contributed by atoms with Gasteiger partial charge in [-0.3, -0.25) is 0 Å². The monoisotopic (exact) mass is 227 g/mol. The Morgan fingerprint density at radius 3 is 3.00 bits per heavy atom. The zero-order valence-electron chi connectivity index (χ0n) is 8.75. The molecule has 0 saturated carbocycles. The van der Waals surface area contributed by atoms with E-state index in [0.717, 1.165) is 0 Å². The van der Waals surface area contributed by atoms with Gasteiger partial charge in [-0.25, -0.2) is 4.79 Å². The lowest BCUT2D eigenvalue weighted by Gasteiger charge is -2.16. The van der Waals surface area contributed by atoms with Crippen LogP contribution in [-0.2, 0) is 4.74 Å². The smallest absolute Gasteiger partial charge is 0.339 e. The molecule has 7 heteroatoms. The fraction of sp³-hybridized carbons (Fsp3) is 0.444. The second-order valence-corrected chi connectivity index (χ2v) is 3.08. The number of hydrogen-bond acceptors (Lipinski definition) is 6. The lowest BCUT2D eigenvalue weighted by molar-refractivity contribution is 0.0697. The molecule has 0 amide bonds. The Morgan fingerprint density at radius 2 is 2.44 bits per heavy atom. The van der Waals surface area contributed by atoms with Gasteiger partial charge < -0.3 is 20.3 Å². The van der Waals surface area contributed by atoms with Crippen LogP contribution in [0.3, 0.4) is 0 Å². The lowest BCUT2D eigenvalue weighted by Crippen LogP contribution is -2.30. The van der Waals surface area contributed by atoms with E-state index in [0.29, 0.717) is 0 Å². The van der Waals surface area contributed by atoms with Crippen molar-refractivity contribution in [2.24, 2.45) is 0 Å². The standard InChI is InChI=1S/C9H13N3O4/c1-16-5-6(4-13)11-8-7(9(14)15)2-3-10-12-8/h2-3,6,13H,4-5H2,1H3,(H,11,12)(H,14,15). The number of nitrogens with zero attached hydrogens (tertiary/aromatic N) is 2. The molecule has 1 heterocycles. The molecule has 3 N–H and O–H groups in total. The number of nitrogens with one attached hydrogen (secondary N) is 1. The van der Waals surface area contributed by atoms with Crippen LogP contribution in [-0.4, -0.2) is 52.7 Å². The van der Waals surface area contributed by atoms with E-state index in [-0.39, 0.29) is 24.6 Å². The number of aliphatic hydroxyl groups excluding tert-OH is 1. The highest BCUT2D eigenvalue weighted by molar-refractivity contribution is 5.92. The van der Waals surface area contributed by atoms with Gasteiger partial charge in [0.15, 0.2) is 5.82 Å². The van der Waals surface area contributed by atoms with Crippen molar-refractivity contribution in [3.63, 3.8) is 0 Å². The molecule has 0 spiro atoms. The Bertz CT molecular complexity index is 358. The first kappa shape index (κ1) is 12.3. The van der Waals surface area contributed by atoms with E-state index in [1.165, 1.54) is 19.4 Å². The first-order valence-electron chi connectivity index (χ1n) is 4.60. The number of rotatable bonds is 6. The molecular formula is C9H13N3O4. The van der Waals surface area contributed by atoms with Crippen LogP contribution in [0.1, 0.15) is 10.4 Å². The van der Waals surface area contributed by atoms with Crippen molar-refractivity contribution in [3.8, 4) is 0 Å². The average Bonchev–Trinajstić information content (AvgIpc) is 2.29. The molecule has 0 bridgehead atoms. The highest BCUT2D eigenvalue weighted by Crippen LogP contribution is 2.11. The minimum Gasteiger partial charge on any atom is -0.478 e. The van der Waals surface area contributed by atoms with E-state index in [9.17, 15) is 4.79 Å². The van der Waals surface area contributed by atoms with E-state index in [1.807, 2.05) is 0 Å². The molecule has 0 radical (unpaired) electrons. The second kappa shape index (κ2) is 5.99. The Hall–Kier alpha value is -1.73. The maximum Gasteiger partial charge on any atom is 0.339 e. The molecule has 7 nitrogen and oxygen atoms in total. The van der Waals surface area contributed by atoms with Gasteiger partial charge in [-0.05, 0) is 6.07 Å². The Morgan fingerprint density at radius 1 is 1.69 bits per heavy atom. The molecule has 1 rings (SSSR count). The normalized spacial score (nSPS) is 12.1. The molecular weight excluding hydrogens is 214 g/mol. The molecule has 0 fully saturated rings. The maximum absolute atomic E-state index is 10.8. The van der Waals surface area contributed by atoms with Crippen LogP contribution in [0, 0.1) is 0 Å². The van der Waals surface area contributed by atoms with Crippen LogP contribution in [0.4, 0.5) is 5.82 Å². The maximum atomic E-state index is 10.8. The summed E-state index contributed by atoms with van der Waals surface area (Å²) in [5.74, 6) is -0.988. The number of ether oxygens (including phenoxy) is 1. The van der Waals surface area contributed by atoms with Crippen LogP contribution < -0.4 is 5.32 Å². The van der Waals surface area contributed by atoms with Crippen molar-refractivity contribution in [2.75, 3.05) is 25.6 Å². The Balaban J connectivity index is 2.82. The molecule has 1 atom stereocenters. The summed E-state index contributed by atoms with van der Waals surface area (Å²) < 4.78 is 4.85. The summed E-state index contributed by atoms with van der Waals surface area (Å²) in [6.07, 6.45) is 1.29. The number of hydrogen-bond donors (Lipinski definition) is 3. The van der Waals surface area contributed by atoms with Gasteiger partial charge in [-0.2, -0.15) is 5.10 Å². The quantitative estimate of drug-likeness (QED) is 0.607. The fourth-order valence-corrected chi connectivity index (χ4v) is 1.15. The Labute approximate surface area is 92.1 Å². The number of carboxylic acid groups (broad SMARTS) is 1. The van der Waals surface area contributed by atoms with E-state index in [1.54, 1.807) is 0 Å². The van der Waals surface area contributed by atoms with Crippen LogP contribution in [0.25, 0.3) is 0 Å². The molecule has 0 aliphatic rings. The van der Waals surface area contributed by atoms with Crippen molar-refractivity contribution in [2.45, 2.75) is 6.04 Å². The van der Waals surface area contributed by atoms with Crippen molar-refractivity contribution < 1.29 is 19.7 Å². The van der Waals surface area contributed by atoms with Crippen molar-refractivity contribution in [3.05, 3.63) is 17.8 Å². The first-order chi connectivity index (χ1) is 7.69. The van der Waals surface area contributed by atoms with E-state index >= 15 is 0 Å². The SMILES string of the molecule is COCC(CO)Nc1nnccc1C(=O)O. The predicted molar refractivity (Wildman–Crippen MR) is 55.4 cm³/mol. The van der Waals surface area contributed by atoms with E-state index in [2.05, 4.69) is 15.5 Å². The highest BCUT2D eigenvalue weighted by Gasteiger charge is 2.15. The van der Waals surface area contributed by atoms with Gasteiger partial charge in [-0.1, -0.05) is 0 Å². The van der Waals surface area contributed by atoms with Crippen molar-refractivity contribution in [1.29, 1.82) is 0 Å². The van der Waals surface area contributed by atoms with E-state index < -0.39 is 12.0 Å². The molecule has 0 aliphatic carbocycles. The number of aromatic carboxylic acids is 1. The van der Waals surface area contributed by atoms with Crippen LogP contribution in [0.5, 0.6) is 0 Å². The summed E-state index contributed by atoms with van der Waals surface area (Å²) in [5.41, 5.74) is 0.00422. The summed E-state index contributed by atoms with van der Waals surface area (Å²) in [7, 11) is 1.49. The van der Waals surface area contributed by atoms with Crippen molar-refractivity contribution in [1.82, 2.24) is 10.2 Å². The molecule has 0 aliphatic heterocycles. The molecule has 0 aromatic carbocycles. The zero-order valence-corrected chi connectivity index (χ0v) is 8.75. The summed E-state index contributed by atoms with van der Waals surface area (Å²) in [6.45, 7) is 0.0512. The van der Waals surface area contributed by atoms with Gasteiger partial charge in [0.2, 0.25) is 0 Å². The summed E-state index contributed by atoms with van der Waals surface area (Å²) >= 11 is 0. The number of aliphatic hydroxyl groups is 1. The van der Waals surface area contributed by atoms with Gasteiger partial charge >= 0.3 is 5.97 Å². The minimum atomic E-state index is -1.11. The fourth-order valence-electron chi connectivity index (χ4n) is 1.15. The summed E-state index contributed by atoms with van der Waals surface area (Å²) in [4.78, 5) is 10.8. The molecule has 0 saturated heterocycles. The topological polar surface area (TPSA) is 105 Å².